The smallest absolute Gasteiger partial charge is 0.416 e. The highest BCUT2D eigenvalue weighted by Crippen LogP contribution is 2.34. The van der Waals surface area contributed by atoms with E-state index in [0.717, 1.165) is 22.4 Å². The van der Waals surface area contributed by atoms with Crippen LogP contribution in [-0.2, 0) is 12.8 Å². The molecular formula is C29H17BrCl2F3N3O2. The maximum atomic E-state index is 13.5. The van der Waals surface area contributed by atoms with Crippen LogP contribution in [-0.4, -0.2) is 15.9 Å². The van der Waals surface area contributed by atoms with E-state index in [1.807, 2.05) is 12.1 Å². The summed E-state index contributed by atoms with van der Waals surface area (Å²) in [5.74, 6) is 0.335. The van der Waals surface area contributed by atoms with Crippen LogP contribution in [0.4, 0.5) is 13.2 Å². The molecule has 0 fully saturated rings. The average Bonchev–Trinajstić information content (AvgIpc) is 2.92. The van der Waals surface area contributed by atoms with Gasteiger partial charge in [0.05, 0.1) is 27.2 Å². The van der Waals surface area contributed by atoms with E-state index in [1.165, 1.54) is 18.3 Å². The normalized spacial score (nSPS) is 11.8. The van der Waals surface area contributed by atoms with E-state index in [1.54, 1.807) is 48.5 Å². The van der Waals surface area contributed by atoms with E-state index in [0.29, 0.717) is 31.3 Å². The predicted octanol–water partition coefficient (Wildman–Crippen LogP) is 8.61. The maximum Gasteiger partial charge on any atom is 0.416 e. The highest BCUT2D eigenvalue weighted by atomic mass is 79.9. The minimum atomic E-state index is -4.58. The third-order valence-electron chi connectivity index (χ3n) is 5.85. The topological polar surface area (TPSA) is 56.5 Å². The molecule has 0 bridgehead atoms. The molecule has 0 saturated carbocycles. The van der Waals surface area contributed by atoms with Crippen LogP contribution in [0.2, 0.25) is 10.0 Å². The van der Waals surface area contributed by atoms with Gasteiger partial charge < -0.3 is 4.74 Å². The monoisotopic (exact) mass is 645 g/mol. The molecular weight excluding hydrogens is 630 g/mol. The maximum absolute atomic E-state index is 13.5. The summed E-state index contributed by atoms with van der Waals surface area (Å²) in [7, 11) is 0. The molecule has 0 aliphatic heterocycles. The first-order valence-corrected chi connectivity index (χ1v) is 13.2. The number of hydrogen-bond acceptors (Lipinski definition) is 4. The lowest BCUT2D eigenvalue weighted by atomic mass is 10.1. The number of hydrogen-bond donors (Lipinski definition) is 0. The van der Waals surface area contributed by atoms with E-state index >= 15 is 0 Å². The number of fused-ring (bicyclic) bond motifs is 1. The molecule has 5 aromatic rings. The second kappa shape index (κ2) is 11.4. The highest BCUT2D eigenvalue weighted by Gasteiger charge is 2.31. The van der Waals surface area contributed by atoms with Gasteiger partial charge in [0, 0.05) is 21.2 Å². The number of alkyl halides is 3. The van der Waals surface area contributed by atoms with E-state index in [-0.39, 0.29) is 23.4 Å². The summed E-state index contributed by atoms with van der Waals surface area (Å²) in [5, 5.41) is 5.58. The van der Waals surface area contributed by atoms with Crippen molar-refractivity contribution in [1.29, 1.82) is 0 Å². The van der Waals surface area contributed by atoms with Gasteiger partial charge in [-0.25, -0.2) is 4.98 Å². The van der Waals surface area contributed by atoms with Gasteiger partial charge in [-0.3, -0.25) is 4.79 Å². The molecule has 0 atom stereocenters. The summed E-state index contributed by atoms with van der Waals surface area (Å²) in [5.41, 5.74) is 0.239. The summed E-state index contributed by atoms with van der Waals surface area (Å²) >= 11 is 15.7. The Hall–Kier alpha value is -3.66. The fourth-order valence-electron chi connectivity index (χ4n) is 3.94. The first-order chi connectivity index (χ1) is 19.1. The zero-order valence-corrected chi connectivity index (χ0v) is 23.4. The largest absolute Gasteiger partial charge is 0.487 e. The van der Waals surface area contributed by atoms with Crippen LogP contribution < -0.4 is 10.3 Å². The Morgan fingerprint density at radius 3 is 2.45 bits per heavy atom. The molecule has 1 heterocycles. The molecule has 202 valence electrons. The van der Waals surface area contributed by atoms with Gasteiger partial charge in [0.15, 0.2) is 5.82 Å². The molecule has 0 spiro atoms. The summed E-state index contributed by atoms with van der Waals surface area (Å²) in [6, 6.07) is 21.5. The van der Waals surface area contributed by atoms with Gasteiger partial charge >= 0.3 is 6.18 Å². The van der Waals surface area contributed by atoms with Crippen LogP contribution >= 0.6 is 39.1 Å². The van der Waals surface area contributed by atoms with Gasteiger partial charge in [0.2, 0.25) is 0 Å². The van der Waals surface area contributed by atoms with E-state index in [4.69, 9.17) is 27.9 Å². The van der Waals surface area contributed by atoms with Gasteiger partial charge in [-0.2, -0.15) is 22.9 Å². The lowest BCUT2D eigenvalue weighted by Crippen LogP contribution is -2.20. The quantitative estimate of drug-likeness (QED) is 0.174. The Morgan fingerprint density at radius 2 is 1.70 bits per heavy atom. The van der Waals surface area contributed by atoms with Gasteiger partial charge in [0.25, 0.3) is 5.56 Å². The van der Waals surface area contributed by atoms with Crippen LogP contribution in [0.5, 0.6) is 5.75 Å². The van der Waals surface area contributed by atoms with Crippen LogP contribution in [0.15, 0.2) is 99.3 Å². The van der Waals surface area contributed by atoms with Crippen LogP contribution in [0, 0.1) is 0 Å². The van der Waals surface area contributed by atoms with Crippen molar-refractivity contribution in [3.8, 4) is 17.1 Å². The molecule has 0 saturated heterocycles. The third kappa shape index (κ3) is 6.06. The second-order valence-electron chi connectivity index (χ2n) is 8.61. The number of nitrogens with zero attached hydrogens (tertiary/aromatic N) is 3. The molecule has 0 N–H and O–H groups in total. The molecule has 5 nitrogen and oxygen atoms in total. The van der Waals surface area contributed by atoms with Crippen molar-refractivity contribution >= 4 is 56.2 Å². The molecule has 4 aromatic carbocycles. The number of aromatic nitrogens is 2. The lowest BCUT2D eigenvalue weighted by Gasteiger charge is -2.13. The summed E-state index contributed by atoms with van der Waals surface area (Å²) in [4.78, 5) is 18.0. The highest BCUT2D eigenvalue weighted by molar-refractivity contribution is 9.10. The SMILES string of the molecule is O=c1c2ccccc2nc(-c2cccc(C(F)(F)F)c2)n1N=Cc1cc(Cl)cc(Br)c1OCc1ccc(Cl)cc1. The van der Waals surface area contributed by atoms with Gasteiger partial charge in [-0.15, -0.1) is 0 Å². The molecule has 0 unspecified atom stereocenters. The van der Waals surface area contributed by atoms with Crippen LogP contribution in [0.25, 0.3) is 22.3 Å². The van der Waals surface area contributed by atoms with E-state index in [2.05, 4.69) is 26.0 Å². The van der Waals surface area contributed by atoms with Crippen molar-refractivity contribution in [2.45, 2.75) is 12.8 Å². The minimum absolute atomic E-state index is 0.0595. The Kier molecular flexibility index (Phi) is 7.98. The van der Waals surface area contributed by atoms with Gasteiger partial charge in [-0.05, 0) is 70.0 Å². The van der Waals surface area contributed by atoms with Crippen LogP contribution in [0.3, 0.4) is 0 Å². The zero-order chi connectivity index (χ0) is 28.4. The summed E-state index contributed by atoms with van der Waals surface area (Å²) in [6.07, 6.45) is -3.23. The Balaban J connectivity index is 1.62. The van der Waals surface area contributed by atoms with Crippen molar-refractivity contribution in [2.75, 3.05) is 0 Å². The van der Waals surface area contributed by atoms with Crippen LogP contribution in [0.1, 0.15) is 16.7 Å². The number of rotatable bonds is 6. The average molecular weight is 647 g/mol. The first-order valence-electron chi connectivity index (χ1n) is 11.7. The Bertz CT molecular complexity index is 1810. The standard InChI is InChI=1S/C29H17BrCl2F3N3O2/c30-24-14-22(32)13-19(26(24)40-16-17-8-10-21(31)11-9-17)15-36-38-27(18-4-3-5-20(12-18)29(33,34)35)37-25-7-2-1-6-23(25)28(38)39/h1-15H,16H2. The Morgan fingerprint density at radius 1 is 0.950 bits per heavy atom. The summed E-state index contributed by atoms with van der Waals surface area (Å²) in [6.45, 7) is 0.200. The predicted molar refractivity (Wildman–Crippen MR) is 154 cm³/mol. The first kappa shape index (κ1) is 27.9. The molecule has 1 aromatic heterocycles. The molecule has 0 aliphatic rings. The minimum Gasteiger partial charge on any atom is -0.487 e. The zero-order valence-electron chi connectivity index (χ0n) is 20.3. The lowest BCUT2D eigenvalue weighted by molar-refractivity contribution is -0.137. The fourth-order valence-corrected chi connectivity index (χ4v) is 5.01. The fraction of sp³-hybridized carbons (Fsp3) is 0.0690. The number of para-hydroxylation sites is 1. The van der Waals surface area contributed by atoms with E-state index in [9.17, 15) is 18.0 Å². The number of ether oxygens (including phenoxy) is 1. The molecule has 0 aliphatic carbocycles. The molecule has 40 heavy (non-hydrogen) atoms. The Labute approximate surface area is 244 Å². The van der Waals surface area contributed by atoms with Crippen molar-refractivity contribution in [2.24, 2.45) is 5.10 Å². The van der Waals surface area contributed by atoms with Crippen molar-refractivity contribution in [3.63, 3.8) is 0 Å². The molecule has 11 heteroatoms. The molecule has 0 radical (unpaired) electrons. The van der Waals surface area contributed by atoms with Gasteiger partial charge in [0.1, 0.15) is 12.4 Å². The van der Waals surface area contributed by atoms with Gasteiger partial charge in [-0.1, -0.05) is 59.6 Å². The van der Waals surface area contributed by atoms with E-state index < -0.39 is 17.3 Å². The number of benzene rings is 4. The van der Waals surface area contributed by atoms with Crippen molar-refractivity contribution in [3.05, 3.63) is 126 Å². The van der Waals surface area contributed by atoms with Crippen molar-refractivity contribution in [1.82, 2.24) is 9.66 Å². The molecule has 5 rings (SSSR count). The second-order valence-corrected chi connectivity index (χ2v) is 10.3. The third-order valence-corrected chi connectivity index (χ3v) is 6.91. The van der Waals surface area contributed by atoms with Crippen molar-refractivity contribution < 1.29 is 17.9 Å². The molecule has 0 amide bonds. The number of halogens is 6. The summed E-state index contributed by atoms with van der Waals surface area (Å²) < 4.78 is 47.9.